The van der Waals surface area contributed by atoms with Crippen LogP contribution in [0.4, 0.5) is 51.2 Å². The summed E-state index contributed by atoms with van der Waals surface area (Å²) >= 11 is 0. The number of fused-ring (bicyclic) bond motifs is 4. The minimum atomic E-state index is -0.0787. The van der Waals surface area contributed by atoms with E-state index in [9.17, 15) is 0 Å². The smallest absolute Gasteiger partial charge is 0.0465 e. The molecule has 0 saturated carbocycles. The van der Waals surface area contributed by atoms with Crippen molar-refractivity contribution >= 4 is 51.2 Å². The van der Waals surface area contributed by atoms with E-state index in [4.69, 9.17) is 0 Å². The van der Waals surface area contributed by atoms with E-state index >= 15 is 0 Å². The SMILES string of the molecule is CCCCCCCCC1(CCCCCCCC)c2cc(N(c3ccc(C)cc3)c3ccc(C)cc3)ccc2-c2ccc(N(c3ccc(C)cc3)c3ccc(C)cc3)cc21.CCCCCCc1cc(C)c(CCCCCC)cc1C.Cc1ccc(N(c2ccc(C)cc2)c2ccc3c(c2)CC3)cc1.Cc1cccc(C)c1C. The van der Waals surface area contributed by atoms with Crippen LogP contribution in [0.3, 0.4) is 0 Å². The molecule has 0 fully saturated rings. The lowest BCUT2D eigenvalue weighted by Gasteiger charge is -2.35. The quantitative estimate of drug-likeness (QED) is 0.0380. The zero-order chi connectivity index (χ0) is 78.7. The van der Waals surface area contributed by atoms with E-state index in [1.54, 1.807) is 11.1 Å². The molecule has 0 aromatic heterocycles. The molecule has 0 bridgehead atoms. The van der Waals surface area contributed by atoms with Crippen LogP contribution in [0.2, 0.25) is 0 Å². The van der Waals surface area contributed by atoms with Crippen molar-refractivity contribution in [3.63, 3.8) is 0 Å². The number of hydrogen-bond donors (Lipinski definition) is 0. The molecule has 3 nitrogen and oxygen atoms in total. The van der Waals surface area contributed by atoms with Crippen molar-refractivity contribution in [1.29, 1.82) is 0 Å². The van der Waals surface area contributed by atoms with Gasteiger partial charge < -0.3 is 14.7 Å². The standard InChI is InChI=1S/C57H68N2.C22H21N.C20H34.C9H12/c1-7-9-11-13-15-17-39-57(40-18-16-14-12-10-8-2)55-41-51(58(47-27-19-43(3)20-28-47)48-29-21-44(4)22-30-48)35-37-53(55)54-38-36-52(42-56(54)57)59(49-31-23-45(5)24-32-49)50-33-25-46(6)26-34-50;1-16-3-10-20(11-4-16)23(21-12-5-17(2)6-13-21)22-14-9-18-7-8-19(18)15-22;1-5-7-9-11-13-19-15-18(4)20(16-17(19)3)14-12-10-8-6-2;1-7-5-4-6-8(2)9(7)3/h19-38,41-42H,7-18,39-40H2,1-6H3;3-6,9-15H,7-8H2,1-2H3;15-16H,5-14H2,1-4H3;4-6H,1-3H3. The van der Waals surface area contributed by atoms with E-state index < -0.39 is 0 Å². The first-order valence-electron chi connectivity index (χ1n) is 43.3. The van der Waals surface area contributed by atoms with Crippen molar-refractivity contribution < 1.29 is 0 Å². The molecule has 0 atom stereocenters. The summed E-state index contributed by atoms with van der Waals surface area (Å²) in [6.45, 7) is 33.2. The van der Waals surface area contributed by atoms with Gasteiger partial charge in [-0.1, -0.05) is 298 Å². The first kappa shape index (κ1) is 84.3. The van der Waals surface area contributed by atoms with E-state index in [-0.39, 0.29) is 5.41 Å². The zero-order valence-corrected chi connectivity index (χ0v) is 71.2. The molecule has 2 aliphatic carbocycles. The van der Waals surface area contributed by atoms with Gasteiger partial charge in [-0.25, -0.2) is 0 Å². The van der Waals surface area contributed by atoms with Crippen LogP contribution < -0.4 is 14.7 Å². The molecule has 0 amide bonds. The molecule has 13 rings (SSSR count). The van der Waals surface area contributed by atoms with E-state index in [0.717, 1.165) is 0 Å². The van der Waals surface area contributed by atoms with E-state index in [2.05, 4.69) is 349 Å². The summed E-state index contributed by atoms with van der Waals surface area (Å²) in [6.07, 6.45) is 33.8. The Kier molecular flexibility index (Phi) is 32.2. The van der Waals surface area contributed by atoms with Gasteiger partial charge in [-0.15, -0.1) is 0 Å². The van der Waals surface area contributed by atoms with Crippen LogP contribution >= 0.6 is 0 Å². The third-order valence-corrected chi connectivity index (χ3v) is 23.9. The highest BCUT2D eigenvalue weighted by Gasteiger charge is 2.43. The Bertz CT molecular complexity index is 4270. The van der Waals surface area contributed by atoms with Crippen molar-refractivity contribution in [2.45, 2.75) is 276 Å². The molecule has 0 N–H and O–H groups in total. The van der Waals surface area contributed by atoms with Gasteiger partial charge in [-0.3, -0.25) is 0 Å². The summed E-state index contributed by atoms with van der Waals surface area (Å²) in [6, 6.07) is 86.8. The lowest BCUT2D eigenvalue weighted by atomic mass is 9.70. The predicted molar refractivity (Wildman–Crippen MR) is 487 cm³/mol. The normalized spacial score (nSPS) is 12.1. The van der Waals surface area contributed by atoms with Gasteiger partial charge in [-0.2, -0.15) is 0 Å². The summed E-state index contributed by atoms with van der Waals surface area (Å²) in [5, 5.41) is 0. The largest absolute Gasteiger partial charge is 0.310 e. The second kappa shape index (κ2) is 42.5. The summed E-state index contributed by atoms with van der Waals surface area (Å²) in [4.78, 5) is 7.30. The van der Waals surface area contributed by atoms with E-state index in [1.807, 2.05) is 0 Å². The second-order valence-corrected chi connectivity index (χ2v) is 32.9. The summed E-state index contributed by atoms with van der Waals surface area (Å²) in [7, 11) is 0. The Morgan fingerprint density at radius 3 is 0.802 bits per heavy atom. The third kappa shape index (κ3) is 23.0. The van der Waals surface area contributed by atoms with Gasteiger partial charge in [0.05, 0.1) is 0 Å². The fourth-order valence-corrected chi connectivity index (χ4v) is 16.5. The second-order valence-electron chi connectivity index (χ2n) is 32.9. The average molecular weight is 1480 g/mol. The fraction of sp³-hybridized carbons (Fsp3) is 0.389. The van der Waals surface area contributed by atoms with Gasteiger partial charge in [0.15, 0.2) is 0 Å². The number of unbranched alkanes of at least 4 members (excludes halogenated alkanes) is 16. The molecule has 0 heterocycles. The molecule has 0 unspecified atom stereocenters. The van der Waals surface area contributed by atoms with Gasteiger partial charge >= 0.3 is 0 Å². The van der Waals surface area contributed by atoms with E-state index in [1.165, 1.54) is 313 Å². The molecule has 582 valence electrons. The van der Waals surface area contributed by atoms with Crippen molar-refractivity contribution in [3.05, 3.63) is 325 Å². The van der Waals surface area contributed by atoms with Crippen LogP contribution in [0.25, 0.3) is 11.1 Å². The molecule has 111 heavy (non-hydrogen) atoms. The first-order chi connectivity index (χ1) is 53.9. The van der Waals surface area contributed by atoms with Gasteiger partial charge in [0.1, 0.15) is 0 Å². The topological polar surface area (TPSA) is 9.72 Å². The third-order valence-electron chi connectivity index (χ3n) is 23.9. The molecule has 3 heteroatoms. The molecule has 0 radical (unpaired) electrons. The van der Waals surface area contributed by atoms with Crippen LogP contribution in [0.1, 0.15) is 264 Å². The van der Waals surface area contributed by atoms with Gasteiger partial charge in [-0.05, 0) is 309 Å². The Morgan fingerprint density at radius 1 is 0.243 bits per heavy atom. The summed E-state index contributed by atoms with van der Waals surface area (Å²) < 4.78 is 0. The Hall–Kier alpha value is -9.18. The number of nitrogens with zero attached hydrogens (tertiary/aromatic N) is 3. The van der Waals surface area contributed by atoms with E-state index in [0.29, 0.717) is 0 Å². The van der Waals surface area contributed by atoms with Crippen LogP contribution in [-0.2, 0) is 31.1 Å². The number of rotatable bonds is 33. The van der Waals surface area contributed by atoms with Crippen LogP contribution in [0.15, 0.2) is 231 Å². The van der Waals surface area contributed by atoms with Crippen LogP contribution in [0.5, 0.6) is 0 Å². The molecular weight excluding hydrogens is 1340 g/mol. The Morgan fingerprint density at radius 2 is 0.514 bits per heavy atom. The Balaban J connectivity index is 0.000000202. The minimum Gasteiger partial charge on any atom is -0.310 e. The van der Waals surface area contributed by atoms with Crippen molar-refractivity contribution in [3.8, 4) is 11.1 Å². The van der Waals surface area contributed by atoms with Gasteiger partial charge in [0, 0.05) is 56.6 Å². The zero-order valence-electron chi connectivity index (χ0n) is 71.2. The lowest BCUT2D eigenvalue weighted by Crippen LogP contribution is -2.26. The molecule has 11 aromatic rings. The van der Waals surface area contributed by atoms with Crippen molar-refractivity contribution in [2.24, 2.45) is 0 Å². The maximum atomic E-state index is 2.60. The Labute approximate surface area is 674 Å². The number of anilines is 9. The molecule has 0 spiro atoms. The minimum absolute atomic E-state index is 0.0787. The number of aryl methyl sites for hydroxylation is 14. The van der Waals surface area contributed by atoms with Crippen molar-refractivity contribution in [1.82, 2.24) is 0 Å². The van der Waals surface area contributed by atoms with Crippen LogP contribution in [-0.4, -0.2) is 0 Å². The monoisotopic (exact) mass is 1470 g/mol. The van der Waals surface area contributed by atoms with Crippen molar-refractivity contribution in [2.75, 3.05) is 14.7 Å². The number of benzene rings is 11. The first-order valence-corrected chi connectivity index (χ1v) is 43.3. The number of hydrogen-bond acceptors (Lipinski definition) is 3. The lowest BCUT2D eigenvalue weighted by molar-refractivity contribution is 0.398. The summed E-state index contributed by atoms with van der Waals surface area (Å²) in [5.74, 6) is 0. The fourth-order valence-electron chi connectivity index (χ4n) is 16.5. The van der Waals surface area contributed by atoms with Gasteiger partial charge in [0.2, 0.25) is 0 Å². The highest BCUT2D eigenvalue weighted by atomic mass is 15.2. The highest BCUT2D eigenvalue weighted by Crippen LogP contribution is 2.57. The molecule has 11 aromatic carbocycles. The maximum absolute atomic E-state index is 2.60. The average Bonchev–Trinajstić information content (AvgIpc) is 1.56. The molecule has 0 aliphatic heterocycles. The summed E-state index contributed by atoms with van der Waals surface area (Å²) in [5.41, 5.74) is 37.7. The predicted octanol–water partition coefficient (Wildman–Crippen LogP) is 32.7. The molecule has 0 saturated heterocycles. The molecule has 2 aliphatic rings. The maximum Gasteiger partial charge on any atom is 0.0465 e. The van der Waals surface area contributed by atoms with Gasteiger partial charge in [0.25, 0.3) is 0 Å². The molecular formula is C108H135N3. The van der Waals surface area contributed by atoms with Crippen LogP contribution in [0, 0.1) is 76.2 Å². The highest BCUT2D eigenvalue weighted by molar-refractivity contribution is 5.89.